The Morgan fingerprint density at radius 2 is 1.97 bits per heavy atom. The molecular weight excluding hydrogens is 388 g/mol. The Morgan fingerprint density at radius 1 is 1.16 bits per heavy atom. The molecular formula is C25H34N4O2. The van der Waals surface area contributed by atoms with Gasteiger partial charge in [-0.2, -0.15) is 0 Å². The molecule has 2 aliphatic rings. The quantitative estimate of drug-likeness (QED) is 0.524. The summed E-state index contributed by atoms with van der Waals surface area (Å²) < 4.78 is 5.43. The molecule has 2 atom stereocenters. The van der Waals surface area contributed by atoms with E-state index >= 15 is 0 Å². The minimum Gasteiger partial charge on any atom is -0.469 e. The van der Waals surface area contributed by atoms with Gasteiger partial charge in [-0.05, 0) is 43.9 Å². The zero-order chi connectivity index (χ0) is 21.5. The molecule has 1 amide bonds. The van der Waals surface area contributed by atoms with Crippen molar-refractivity contribution in [3.05, 3.63) is 60.1 Å². The lowest BCUT2D eigenvalue weighted by atomic mass is 10.1. The van der Waals surface area contributed by atoms with Gasteiger partial charge in [0.05, 0.1) is 12.3 Å². The Morgan fingerprint density at radius 3 is 2.71 bits per heavy atom. The van der Waals surface area contributed by atoms with Crippen molar-refractivity contribution in [1.29, 1.82) is 0 Å². The number of rotatable bonds is 7. The average Bonchev–Trinajstić information content (AvgIpc) is 3.56. The zero-order valence-electron chi connectivity index (χ0n) is 18.4. The SMILES string of the molecule is CC(NC(=NCCc1ccco1)NC1CCN(C(=O)C2CCCC2)C1)c1ccccc1. The number of carbonyl (C=O) groups excluding carboxylic acids is 1. The number of benzene rings is 1. The molecule has 166 valence electrons. The molecule has 1 aromatic carbocycles. The molecule has 0 radical (unpaired) electrons. The Hall–Kier alpha value is -2.76. The molecule has 0 spiro atoms. The summed E-state index contributed by atoms with van der Waals surface area (Å²) in [6.07, 6.45) is 7.92. The highest BCUT2D eigenvalue weighted by Gasteiger charge is 2.32. The first-order chi connectivity index (χ1) is 15.2. The number of likely N-dealkylation sites (tertiary alicyclic amines) is 1. The maximum atomic E-state index is 12.8. The van der Waals surface area contributed by atoms with Gasteiger partial charge in [0, 0.05) is 38.0 Å². The van der Waals surface area contributed by atoms with Crippen LogP contribution in [0.3, 0.4) is 0 Å². The highest BCUT2D eigenvalue weighted by atomic mass is 16.3. The molecule has 0 bridgehead atoms. The molecule has 1 aliphatic heterocycles. The van der Waals surface area contributed by atoms with Gasteiger partial charge < -0.3 is 20.0 Å². The third-order valence-electron chi connectivity index (χ3n) is 6.41. The number of furan rings is 1. The molecule has 2 N–H and O–H groups in total. The molecule has 1 saturated carbocycles. The van der Waals surface area contributed by atoms with E-state index in [1.165, 1.54) is 18.4 Å². The van der Waals surface area contributed by atoms with Gasteiger partial charge in [0.25, 0.3) is 0 Å². The first-order valence-electron chi connectivity index (χ1n) is 11.6. The number of carbonyl (C=O) groups is 1. The summed E-state index contributed by atoms with van der Waals surface area (Å²) in [5, 5.41) is 7.13. The van der Waals surface area contributed by atoms with Gasteiger partial charge in [-0.25, -0.2) is 0 Å². The monoisotopic (exact) mass is 422 g/mol. The molecule has 2 heterocycles. The van der Waals surface area contributed by atoms with Gasteiger partial charge in [0.15, 0.2) is 5.96 Å². The molecule has 2 fully saturated rings. The maximum absolute atomic E-state index is 12.8. The highest BCUT2D eigenvalue weighted by molar-refractivity contribution is 5.82. The van der Waals surface area contributed by atoms with Crippen LogP contribution in [-0.2, 0) is 11.2 Å². The predicted molar refractivity (Wildman–Crippen MR) is 123 cm³/mol. The summed E-state index contributed by atoms with van der Waals surface area (Å²) in [4.78, 5) is 19.6. The topological polar surface area (TPSA) is 69.9 Å². The van der Waals surface area contributed by atoms with Crippen molar-refractivity contribution >= 4 is 11.9 Å². The normalized spacial score (nSPS) is 20.7. The summed E-state index contributed by atoms with van der Waals surface area (Å²) in [6, 6.07) is 14.6. The van der Waals surface area contributed by atoms with E-state index in [0.29, 0.717) is 12.5 Å². The van der Waals surface area contributed by atoms with Crippen LogP contribution in [0.5, 0.6) is 0 Å². The van der Waals surface area contributed by atoms with E-state index in [2.05, 4.69) is 46.7 Å². The van der Waals surface area contributed by atoms with Crippen molar-refractivity contribution in [2.24, 2.45) is 10.9 Å². The van der Waals surface area contributed by atoms with Gasteiger partial charge in [-0.1, -0.05) is 43.2 Å². The van der Waals surface area contributed by atoms with E-state index in [-0.39, 0.29) is 18.0 Å². The van der Waals surface area contributed by atoms with E-state index in [1.807, 2.05) is 18.2 Å². The molecule has 1 aromatic heterocycles. The lowest BCUT2D eigenvalue weighted by Gasteiger charge is -2.23. The van der Waals surface area contributed by atoms with E-state index in [1.54, 1.807) is 6.26 Å². The smallest absolute Gasteiger partial charge is 0.225 e. The summed E-state index contributed by atoms with van der Waals surface area (Å²) in [5.74, 6) is 2.33. The Labute approximate surface area is 185 Å². The van der Waals surface area contributed by atoms with Crippen LogP contribution in [0.15, 0.2) is 58.1 Å². The van der Waals surface area contributed by atoms with Gasteiger partial charge in [-0.3, -0.25) is 9.79 Å². The van der Waals surface area contributed by atoms with Crippen molar-refractivity contribution in [2.45, 2.75) is 57.5 Å². The molecule has 1 aliphatic carbocycles. The van der Waals surface area contributed by atoms with Crippen LogP contribution in [0.4, 0.5) is 0 Å². The Balaban J connectivity index is 1.37. The van der Waals surface area contributed by atoms with Crippen molar-refractivity contribution in [3.63, 3.8) is 0 Å². The van der Waals surface area contributed by atoms with Crippen molar-refractivity contribution in [2.75, 3.05) is 19.6 Å². The second kappa shape index (κ2) is 10.5. The summed E-state index contributed by atoms with van der Waals surface area (Å²) in [5.41, 5.74) is 1.22. The lowest BCUT2D eigenvalue weighted by Crippen LogP contribution is -2.46. The predicted octanol–water partition coefficient (Wildman–Crippen LogP) is 3.91. The van der Waals surface area contributed by atoms with Gasteiger partial charge in [0.2, 0.25) is 5.91 Å². The molecule has 6 heteroatoms. The number of hydrogen-bond acceptors (Lipinski definition) is 3. The fraction of sp³-hybridized carbons (Fsp3) is 0.520. The standard InChI is InChI=1S/C25H34N4O2/c1-19(20-8-3-2-4-9-20)27-25(26-15-13-23-12-7-17-31-23)28-22-14-16-29(18-22)24(30)21-10-5-6-11-21/h2-4,7-9,12,17,19,21-22H,5-6,10-11,13-16,18H2,1H3,(H2,26,27,28). The average molecular weight is 423 g/mol. The summed E-state index contributed by atoms with van der Waals surface area (Å²) >= 11 is 0. The van der Waals surface area contributed by atoms with Gasteiger partial charge in [0.1, 0.15) is 5.76 Å². The first-order valence-corrected chi connectivity index (χ1v) is 11.6. The minimum absolute atomic E-state index is 0.133. The zero-order valence-corrected chi connectivity index (χ0v) is 18.4. The molecule has 2 unspecified atom stereocenters. The second-order valence-electron chi connectivity index (χ2n) is 8.73. The number of nitrogens with one attached hydrogen (secondary N) is 2. The number of aliphatic imine (C=N–C) groups is 1. The van der Waals surface area contributed by atoms with Crippen LogP contribution >= 0.6 is 0 Å². The van der Waals surface area contributed by atoms with Crippen LogP contribution in [0.2, 0.25) is 0 Å². The van der Waals surface area contributed by atoms with E-state index in [4.69, 9.17) is 9.41 Å². The first kappa shape index (κ1) is 21.5. The van der Waals surface area contributed by atoms with Crippen molar-refractivity contribution < 1.29 is 9.21 Å². The van der Waals surface area contributed by atoms with Crippen LogP contribution in [-0.4, -0.2) is 42.4 Å². The van der Waals surface area contributed by atoms with Crippen LogP contribution < -0.4 is 10.6 Å². The van der Waals surface area contributed by atoms with Gasteiger partial charge in [-0.15, -0.1) is 0 Å². The van der Waals surface area contributed by atoms with Crippen molar-refractivity contribution in [1.82, 2.24) is 15.5 Å². The highest BCUT2D eigenvalue weighted by Crippen LogP contribution is 2.27. The number of hydrogen-bond donors (Lipinski definition) is 2. The molecule has 6 nitrogen and oxygen atoms in total. The van der Waals surface area contributed by atoms with Crippen LogP contribution in [0, 0.1) is 5.92 Å². The van der Waals surface area contributed by atoms with E-state index in [0.717, 1.165) is 50.5 Å². The molecule has 2 aromatic rings. The Bertz CT molecular complexity index is 844. The number of guanidine groups is 1. The molecule has 31 heavy (non-hydrogen) atoms. The lowest BCUT2D eigenvalue weighted by molar-refractivity contribution is -0.134. The number of nitrogens with zero attached hydrogens (tertiary/aromatic N) is 2. The third-order valence-corrected chi connectivity index (χ3v) is 6.41. The third kappa shape index (κ3) is 5.90. The maximum Gasteiger partial charge on any atom is 0.225 e. The van der Waals surface area contributed by atoms with Crippen LogP contribution in [0.1, 0.15) is 56.4 Å². The molecule has 4 rings (SSSR count). The minimum atomic E-state index is 0.133. The van der Waals surface area contributed by atoms with Crippen molar-refractivity contribution in [3.8, 4) is 0 Å². The summed E-state index contributed by atoms with van der Waals surface area (Å²) in [7, 11) is 0. The fourth-order valence-electron chi connectivity index (χ4n) is 4.60. The second-order valence-corrected chi connectivity index (χ2v) is 8.73. The van der Waals surface area contributed by atoms with Crippen LogP contribution in [0.25, 0.3) is 0 Å². The van der Waals surface area contributed by atoms with E-state index < -0.39 is 0 Å². The Kier molecular flexibility index (Phi) is 7.28. The largest absolute Gasteiger partial charge is 0.469 e. The molecule has 1 saturated heterocycles. The van der Waals surface area contributed by atoms with Gasteiger partial charge >= 0.3 is 0 Å². The van der Waals surface area contributed by atoms with E-state index in [9.17, 15) is 4.79 Å². The summed E-state index contributed by atoms with van der Waals surface area (Å²) in [6.45, 7) is 4.38. The number of amides is 1. The fourth-order valence-corrected chi connectivity index (χ4v) is 4.60.